The summed E-state index contributed by atoms with van der Waals surface area (Å²) in [6.07, 6.45) is 5.14. The summed E-state index contributed by atoms with van der Waals surface area (Å²) in [5, 5.41) is 0. The van der Waals surface area contributed by atoms with Crippen LogP contribution in [-0.2, 0) is 12.8 Å². The van der Waals surface area contributed by atoms with E-state index < -0.39 is 0 Å². The van der Waals surface area contributed by atoms with Gasteiger partial charge in [0, 0.05) is 50.0 Å². The van der Waals surface area contributed by atoms with Crippen LogP contribution in [0.1, 0.15) is 27.9 Å². The molecule has 0 radical (unpaired) electrons. The molecule has 2 heterocycles. The van der Waals surface area contributed by atoms with Gasteiger partial charge in [-0.2, -0.15) is 0 Å². The van der Waals surface area contributed by atoms with Gasteiger partial charge in [-0.05, 0) is 36.5 Å². The normalized spacial score (nSPS) is 20.5. The first kappa shape index (κ1) is 17.0. The minimum atomic E-state index is 0.0688. The zero-order chi connectivity index (χ0) is 17.9. The smallest absolute Gasteiger partial charge is 0.254 e. The highest BCUT2D eigenvalue weighted by Crippen LogP contribution is 2.25. The molecule has 1 amide bonds. The second-order valence-corrected chi connectivity index (χ2v) is 7.08. The number of aryl methyl sites for hydroxylation is 1. The van der Waals surface area contributed by atoms with Crippen LogP contribution >= 0.6 is 0 Å². The highest BCUT2D eigenvalue weighted by atomic mass is 16.5. The van der Waals surface area contributed by atoms with Gasteiger partial charge in [0.1, 0.15) is 0 Å². The lowest BCUT2D eigenvalue weighted by atomic mass is 9.87. The first-order chi connectivity index (χ1) is 12.7. The lowest BCUT2D eigenvalue weighted by Gasteiger charge is -2.41. The lowest BCUT2D eigenvalue weighted by molar-refractivity contribution is 0.0552. The molecule has 1 aliphatic carbocycles. The molecule has 1 saturated heterocycles. The zero-order valence-corrected chi connectivity index (χ0v) is 15.2. The monoisotopic (exact) mass is 351 g/mol. The molecule has 1 aliphatic heterocycles. The average molecular weight is 351 g/mol. The van der Waals surface area contributed by atoms with E-state index in [0.717, 1.165) is 39.0 Å². The van der Waals surface area contributed by atoms with Crippen LogP contribution in [0.25, 0.3) is 0 Å². The summed E-state index contributed by atoms with van der Waals surface area (Å²) in [5.41, 5.74) is 3.65. The number of rotatable bonds is 3. The Morgan fingerprint density at radius 1 is 1.12 bits per heavy atom. The summed E-state index contributed by atoms with van der Waals surface area (Å²) >= 11 is 0. The van der Waals surface area contributed by atoms with Crippen molar-refractivity contribution in [3.05, 3.63) is 59.3 Å². The molecule has 136 valence electrons. The summed E-state index contributed by atoms with van der Waals surface area (Å²) in [6.45, 7) is 3.45. The Hall–Kier alpha value is -2.40. The lowest BCUT2D eigenvalue weighted by Crippen LogP contribution is -2.53. The van der Waals surface area contributed by atoms with Gasteiger partial charge in [-0.25, -0.2) is 4.98 Å². The molecule has 1 unspecified atom stereocenters. The molecule has 1 fully saturated rings. The van der Waals surface area contributed by atoms with E-state index in [2.05, 4.69) is 34.1 Å². The van der Waals surface area contributed by atoms with Gasteiger partial charge in [0.25, 0.3) is 5.91 Å². The SMILES string of the molecule is COc1cc(C(=O)N2CCN(C3CCc4ccccc4C3)CC2)ccn1. The van der Waals surface area contributed by atoms with Crippen LogP contribution in [0.5, 0.6) is 5.88 Å². The molecule has 0 bridgehead atoms. The molecule has 1 aromatic carbocycles. The van der Waals surface area contributed by atoms with Crippen LogP contribution < -0.4 is 4.74 Å². The van der Waals surface area contributed by atoms with Crippen molar-refractivity contribution in [3.63, 3.8) is 0 Å². The quantitative estimate of drug-likeness (QED) is 0.852. The van der Waals surface area contributed by atoms with Gasteiger partial charge >= 0.3 is 0 Å². The Bertz CT molecular complexity index is 784. The molecular formula is C21H25N3O2. The maximum absolute atomic E-state index is 12.7. The number of hydrogen-bond donors (Lipinski definition) is 0. The third-order valence-corrected chi connectivity index (χ3v) is 5.63. The predicted octanol–water partition coefficient (Wildman–Crippen LogP) is 2.41. The second kappa shape index (κ2) is 7.46. The van der Waals surface area contributed by atoms with E-state index in [-0.39, 0.29) is 5.91 Å². The minimum absolute atomic E-state index is 0.0688. The van der Waals surface area contributed by atoms with Gasteiger partial charge in [-0.3, -0.25) is 9.69 Å². The van der Waals surface area contributed by atoms with Crippen molar-refractivity contribution in [1.29, 1.82) is 0 Å². The Morgan fingerprint density at radius 2 is 1.88 bits per heavy atom. The van der Waals surface area contributed by atoms with Gasteiger partial charge in [-0.1, -0.05) is 24.3 Å². The summed E-state index contributed by atoms with van der Waals surface area (Å²) in [6, 6.07) is 12.9. The highest BCUT2D eigenvalue weighted by molar-refractivity contribution is 5.94. The van der Waals surface area contributed by atoms with Crippen LogP contribution in [0.4, 0.5) is 0 Å². The van der Waals surface area contributed by atoms with E-state index in [1.807, 2.05) is 4.90 Å². The standard InChI is InChI=1S/C21H25N3O2/c1-26-20-15-18(8-9-22-20)21(25)24-12-10-23(11-13-24)19-7-6-16-4-2-3-5-17(16)14-19/h2-5,8-9,15,19H,6-7,10-14H2,1H3. The largest absolute Gasteiger partial charge is 0.481 e. The Balaban J connectivity index is 1.36. The van der Waals surface area contributed by atoms with E-state index in [1.165, 1.54) is 17.5 Å². The van der Waals surface area contributed by atoms with Gasteiger partial charge < -0.3 is 9.64 Å². The van der Waals surface area contributed by atoms with Gasteiger partial charge in [0.2, 0.25) is 5.88 Å². The molecule has 5 heteroatoms. The maximum atomic E-state index is 12.7. The van der Waals surface area contributed by atoms with Crippen molar-refractivity contribution in [3.8, 4) is 5.88 Å². The number of benzene rings is 1. The highest BCUT2D eigenvalue weighted by Gasteiger charge is 2.29. The predicted molar refractivity (Wildman–Crippen MR) is 101 cm³/mol. The number of nitrogens with zero attached hydrogens (tertiary/aromatic N) is 3. The topological polar surface area (TPSA) is 45.7 Å². The number of ether oxygens (including phenoxy) is 1. The van der Waals surface area contributed by atoms with Gasteiger partial charge in [0.15, 0.2) is 0 Å². The number of fused-ring (bicyclic) bond motifs is 1. The van der Waals surface area contributed by atoms with Crippen LogP contribution in [-0.4, -0.2) is 60.0 Å². The minimum Gasteiger partial charge on any atom is -0.481 e. The van der Waals surface area contributed by atoms with Crippen LogP contribution in [0.2, 0.25) is 0 Å². The number of methoxy groups -OCH3 is 1. The molecule has 2 aliphatic rings. The van der Waals surface area contributed by atoms with Crippen molar-refractivity contribution < 1.29 is 9.53 Å². The summed E-state index contributed by atoms with van der Waals surface area (Å²) in [5.74, 6) is 0.551. The fourth-order valence-electron chi connectivity index (χ4n) is 4.12. The number of pyridine rings is 1. The van der Waals surface area contributed by atoms with E-state index in [4.69, 9.17) is 4.74 Å². The third kappa shape index (κ3) is 3.44. The van der Waals surface area contributed by atoms with Crippen molar-refractivity contribution in [2.45, 2.75) is 25.3 Å². The summed E-state index contributed by atoms with van der Waals surface area (Å²) in [4.78, 5) is 21.3. The fraction of sp³-hybridized carbons (Fsp3) is 0.429. The third-order valence-electron chi connectivity index (χ3n) is 5.63. The molecule has 0 spiro atoms. The summed E-state index contributed by atoms with van der Waals surface area (Å²) in [7, 11) is 1.57. The number of amides is 1. The molecule has 0 saturated carbocycles. The number of carbonyl (C=O) groups is 1. The number of carbonyl (C=O) groups excluding carboxylic acids is 1. The van der Waals surface area contributed by atoms with Crippen LogP contribution in [0.3, 0.4) is 0 Å². The van der Waals surface area contributed by atoms with E-state index in [9.17, 15) is 4.79 Å². The van der Waals surface area contributed by atoms with E-state index >= 15 is 0 Å². The molecule has 1 atom stereocenters. The average Bonchev–Trinajstić information content (AvgIpc) is 2.73. The van der Waals surface area contributed by atoms with Crippen LogP contribution in [0.15, 0.2) is 42.6 Å². The van der Waals surface area contributed by atoms with Gasteiger partial charge in [-0.15, -0.1) is 0 Å². The molecule has 0 N–H and O–H groups in total. The Labute approximate surface area is 154 Å². The molecule has 4 rings (SSSR count). The number of hydrogen-bond acceptors (Lipinski definition) is 4. The van der Waals surface area contributed by atoms with Crippen molar-refractivity contribution in [2.75, 3.05) is 33.3 Å². The summed E-state index contributed by atoms with van der Waals surface area (Å²) < 4.78 is 5.13. The maximum Gasteiger partial charge on any atom is 0.254 e. The first-order valence-corrected chi connectivity index (χ1v) is 9.35. The molecule has 5 nitrogen and oxygen atoms in total. The van der Waals surface area contributed by atoms with Crippen molar-refractivity contribution >= 4 is 5.91 Å². The molecule has 1 aromatic heterocycles. The fourth-order valence-corrected chi connectivity index (χ4v) is 4.12. The van der Waals surface area contributed by atoms with Crippen molar-refractivity contribution in [2.24, 2.45) is 0 Å². The first-order valence-electron chi connectivity index (χ1n) is 9.35. The molecular weight excluding hydrogens is 326 g/mol. The number of piperazine rings is 1. The molecule has 26 heavy (non-hydrogen) atoms. The van der Waals surface area contributed by atoms with E-state index in [0.29, 0.717) is 17.5 Å². The van der Waals surface area contributed by atoms with E-state index in [1.54, 1.807) is 25.4 Å². The zero-order valence-electron chi connectivity index (χ0n) is 15.2. The Kier molecular flexibility index (Phi) is 4.89. The van der Waals surface area contributed by atoms with Gasteiger partial charge in [0.05, 0.1) is 7.11 Å². The Morgan fingerprint density at radius 3 is 2.65 bits per heavy atom. The second-order valence-electron chi connectivity index (χ2n) is 7.08. The molecule has 2 aromatic rings. The number of aromatic nitrogens is 1. The van der Waals surface area contributed by atoms with Crippen LogP contribution in [0, 0.1) is 0 Å². The van der Waals surface area contributed by atoms with Crippen molar-refractivity contribution in [1.82, 2.24) is 14.8 Å².